The van der Waals surface area contributed by atoms with Crippen LogP contribution in [0, 0.1) is 0 Å². The molecule has 1 aliphatic rings. The number of nitrogens with two attached hydrogens (primary N) is 4. The molecule has 1 saturated heterocycles. The van der Waals surface area contributed by atoms with Gasteiger partial charge in [-0.1, -0.05) is 12.1 Å². The summed E-state index contributed by atoms with van der Waals surface area (Å²) >= 11 is 0. The number of nitrogen functional groups attached to an aromatic ring is 3. The lowest BCUT2D eigenvalue weighted by Crippen LogP contribution is -2.40. The molecule has 1 aliphatic heterocycles. The largest absolute Gasteiger partial charge is 0.423 e. The molecule has 0 unspecified atom stereocenters. The molecule has 1 amide bonds. The van der Waals surface area contributed by atoms with E-state index in [-0.39, 0.29) is 30.8 Å². The Hall–Kier alpha value is -3.41. The van der Waals surface area contributed by atoms with E-state index in [2.05, 4.69) is 10.3 Å². The molecule has 9 N–H and O–H groups in total. The quantitative estimate of drug-likeness (QED) is 0.245. The number of nitrogens with zero attached hydrogens (tertiary/aromatic N) is 2. The van der Waals surface area contributed by atoms with Gasteiger partial charge < -0.3 is 37.7 Å². The number of pyridine rings is 1. The van der Waals surface area contributed by atoms with Gasteiger partial charge in [-0.05, 0) is 24.3 Å². The van der Waals surface area contributed by atoms with Crippen molar-refractivity contribution < 1.29 is 19.1 Å². The van der Waals surface area contributed by atoms with Crippen LogP contribution in [0.1, 0.15) is 0 Å². The van der Waals surface area contributed by atoms with Crippen molar-refractivity contribution in [1.82, 2.24) is 9.88 Å². The molecule has 0 spiro atoms. The number of carbonyl (C=O) groups is 2. The van der Waals surface area contributed by atoms with Crippen LogP contribution in [-0.2, 0) is 14.3 Å². The molecule has 3 rings (SSSR count). The van der Waals surface area contributed by atoms with Crippen LogP contribution >= 0.6 is 0 Å². The Morgan fingerprint density at radius 1 is 1.07 bits per heavy atom. The number of amides is 1. The molecule has 30 heavy (non-hydrogen) atoms. The van der Waals surface area contributed by atoms with Gasteiger partial charge in [0.15, 0.2) is 5.75 Å². The lowest BCUT2D eigenvalue weighted by atomic mass is 10.3. The highest BCUT2D eigenvalue weighted by atomic mass is 16.5. The third-order valence-corrected chi connectivity index (χ3v) is 4.01. The summed E-state index contributed by atoms with van der Waals surface area (Å²) in [6.07, 6.45) is 0. The highest BCUT2D eigenvalue weighted by Crippen LogP contribution is 2.19. The Balaban J connectivity index is 0.000000222. The van der Waals surface area contributed by atoms with E-state index in [9.17, 15) is 9.59 Å². The van der Waals surface area contributed by atoms with Gasteiger partial charge in [0, 0.05) is 13.1 Å². The van der Waals surface area contributed by atoms with Crippen molar-refractivity contribution in [3.63, 3.8) is 0 Å². The van der Waals surface area contributed by atoms with E-state index in [4.69, 9.17) is 32.4 Å². The van der Waals surface area contributed by atoms with Crippen LogP contribution in [0.5, 0.6) is 5.75 Å². The molecular weight excluding hydrogens is 390 g/mol. The predicted octanol–water partition coefficient (Wildman–Crippen LogP) is -0.350. The van der Waals surface area contributed by atoms with Crippen LogP contribution < -0.4 is 33.0 Å². The van der Waals surface area contributed by atoms with Crippen molar-refractivity contribution in [3.05, 3.63) is 36.4 Å². The van der Waals surface area contributed by atoms with Crippen molar-refractivity contribution in [3.8, 4) is 5.75 Å². The Kier molecular flexibility index (Phi) is 8.81. The minimum Gasteiger partial charge on any atom is -0.423 e. The van der Waals surface area contributed by atoms with Gasteiger partial charge in [-0.15, -0.1) is 0 Å². The summed E-state index contributed by atoms with van der Waals surface area (Å²) in [5.41, 5.74) is 22.5. The second-order valence-corrected chi connectivity index (χ2v) is 6.32. The number of morpholine rings is 1. The average molecular weight is 417 g/mol. The smallest absolute Gasteiger partial charge is 0.325 e. The molecule has 162 valence electrons. The van der Waals surface area contributed by atoms with Crippen LogP contribution in [0.25, 0.3) is 0 Å². The molecule has 1 aromatic heterocycles. The van der Waals surface area contributed by atoms with Gasteiger partial charge in [0.2, 0.25) is 5.91 Å². The fourth-order valence-corrected chi connectivity index (χ4v) is 2.42. The topological polar surface area (TPSA) is 185 Å². The summed E-state index contributed by atoms with van der Waals surface area (Å²) in [5.74, 6) is 0.351. The van der Waals surface area contributed by atoms with E-state index in [0.717, 1.165) is 13.1 Å². The molecular formula is C19H27N7O4. The van der Waals surface area contributed by atoms with E-state index in [1.807, 2.05) is 4.90 Å². The fraction of sp³-hybridized carbons (Fsp3) is 0.316. The number of nitrogens with one attached hydrogen (secondary N) is 1. The number of hydrogen-bond acceptors (Lipinski definition) is 10. The summed E-state index contributed by atoms with van der Waals surface area (Å²) in [6, 6.07) is 10.1. The minimum atomic E-state index is -0.323. The number of rotatable bonds is 5. The fourth-order valence-electron chi connectivity index (χ4n) is 2.42. The molecule has 0 bridgehead atoms. The SMILES string of the molecule is NCC(=O)Nc1ccc(N)c(N)n1.Nc1ccccc1OC(=O)CN1CCOCC1. The number of carbonyl (C=O) groups excluding carboxylic acids is 2. The Morgan fingerprint density at radius 3 is 2.40 bits per heavy atom. The van der Waals surface area contributed by atoms with E-state index in [0.29, 0.717) is 36.2 Å². The molecule has 0 atom stereocenters. The molecule has 2 heterocycles. The molecule has 11 heteroatoms. The first-order valence-corrected chi connectivity index (χ1v) is 9.26. The van der Waals surface area contributed by atoms with Crippen LogP contribution in [0.4, 0.5) is 23.0 Å². The van der Waals surface area contributed by atoms with Gasteiger partial charge in [-0.2, -0.15) is 0 Å². The van der Waals surface area contributed by atoms with Crippen LogP contribution in [0.2, 0.25) is 0 Å². The zero-order valence-corrected chi connectivity index (χ0v) is 16.5. The van der Waals surface area contributed by atoms with Crippen molar-refractivity contribution in [2.45, 2.75) is 0 Å². The normalized spacial score (nSPS) is 13.6. The minimum absolute atomic E-state index is 0.0913. The maximum Gasteiger partial charge on any atom is 0.325 e. The number of para-hydroxylation sites is 2. The monoisotopic (exact) mass is 417 g/mol. The summed E-state index contributed by atoms with van der Waals surface area (Å²) in [5, 5.41) is 2.45. The standard InChI is InChI=1S/C12H16N2O3.C7H11N5O/c13-10-3-1-2-4-11(10)17-12(15)9-14-5-7-16-8-6-14;8-3-6(13)11-5-2-1-4(9)7(10)12-5/h1-4H,5-9,13H2;1-2H,3,8-9H2,(H3,10,11,12,13). The third-order valence-electron chi connectivity index (χ3n) is 4.01. The highest BCUT2D eigenvalue weighted by Gasteiger charge is 2.16. The van der Waals surface area contributed by atoms with Crippen molar-refractivity contribution in [2.24, 2.45) is 5.73 Å². The van der Waals surface area contributed by atoms with E-state index >= 15 is 0 Å². The first-order chi connectivity index (χ1) is 14.4. The van der Waals surface area contributed by atoms with E-state index in [1.165, 1.54) is 0 Å². The number of ether oxygens (including phenoxy) is 2. The van der Waals surface area contributed by atoms with Crippen LogP contribution in [0.15, 0.2) is 36.4 Å². The molecule has 0 radical (unpaired) electrons. The van der Waals surface area contributed by atoms with Crippen molar-refractivity contribution in [2.75, 3.05) is 61.9 Å². The lowest BCUT2D eigenvalue weighted by Gasteiger charge is -2.25. The molecule has 11 nitrogen and oxygen atoms in total. The predicted molar refractivity (Wildman–Crippen MR) is 114 cm³/mol. The first kappa shape index (κ1) is 22.9. The Labute approximate surface area is 174 Å². The third kappa shape index (κ3) is 7.54. The van der Waals surface area contributed by atoms with E-state index in [1.54, 1.807) is 36.4 Å². The van der Waals surface area contributed by atoms with E-state index < -0.39 is 0 Å². The lowest BCUT2D eigenvalue weighted by molar-refractivity contribution is -0.136. The maximum absolute atomic E-state index is 11.7. The molecule has 0 saturated carbocycles. The van der Waals surface area contributed by atoms with Crippen LogP contribution in [0.3, 0.4) is 0 Å². The van der Waals surface area contributed by atoms with Gasteiger partial charge in [0.05, 0.1) is 37.7 Å². The highest BCUT2D eigenvalue weighted by molar-refractivity contribution is 5.91. The average Bonchev–Trinajstić information content (AvgIpc) is 2.73. The summed E-state index contributed by atoms with van der Waals surface area (Å²) in [4.78, 5) is 28.3. The second kappa shape index (κ2) is 11.6. The van der Waals surface area contributed by atoms with Crippen molar-refractivity contribution >= 4 is 34.9 Å². The summed E-state index contributed by atoms with van der Waals surface area (Å²) in [7, 11) is 0. The number of benzene rings is 1. The first-order valence-electron chi connectivity index (χ1n) is 9.26. The Morgan fingerprint density at radius 2 is 1.77 bits per heavy atom. The van der Waals surface area contributed by atoms with Gasteiger partial charge in [-0.25, -0.2) is 4.98 Å². The van der Waals surface area contributed by atoms with Crippen LogP contribution in [-0.4, -0.2) is 61.2 Å². The maximum atomic E-state index is 11.7. The summed E-state index contributed by atoms with van der Waals surface area (Å²) < 4.78 is 10.4. The summed E-state index contributed by atoms with van der Waals surface area (Å²) in [6.45, 7) is 3.05. The second-order valence-electron chi connectivity index (χ2n) is 6.32. The van der Waals surface area contributed by atoms with Gasteiger partial charge in [-0.3, -0.25) is 14.5 Å². The zero-order chi connectivity index (χ0) is 21.9. The zero-order valence-electron chi connectivity index (χ0n) is 16.5. The molecule has 1 aromatic carbocycles. The van der Waals surface area contributed by atoms with Gasteiger partial charge in [0.1, 0.15) is 11.6 Å². The molecule has 0 aliphatic carbocycles. The molecule has 1 fully saturated rings. The molecule has 2 aromatic rings. The van der Waals surface area contributed by atoms with Gasteiger partial charge >= 0.3 is 5.97 Å². The number of hydrogen-bond donors (Lipinski definition) is 5. The van der Waals surface area contributed by atoms with Gasteiger partial charge in [0.25, 0.3) is 0 Å². The Bertz CT molecular complexity index is 857. The number of anilines is 4. The number of aromatic nitrogens is 1. The van der Waals surface area contributed by atoms with Crippen molar-refractivity contribution in [1.29, 1.82) is 0 Å². The number of esters is 1.